The zero-order chi connectivity index (χ0) is 13.0. The number of fused-ring (bicyclic) bond motifs is 1. The van der Waals surface area contributed by atoms with Crippen LogP contribution in [0, 0.1) is 11.3 Å². The molecule has 106 valence electrons. The standard InChI is InChI=1S/C15H22O4/c16-14(17)15(7-6-10-11(8-15)18-10)13-12(19-13)9-4-2-1-3-5-9/h9-13H,1-8H2,(H,16,17). The van der Waals surface area contributed by atoms with Crippen LogP contribution in [0.3, 0.4) is 0 Å². The second-order valence-corrected chi connectivity index (χ2v) is 6.84. The van der Waals surface area contributed by atoms with Gasteiger partial charge in [-0.05, 0) is 38.0 Å². The van der Waals surface area contributed by atoms with E-state index in [1.807, 2.05) is 0 Å². The Bertz CT molecular complexity index is 390. The average molecular weight is 266 g/mol. The molecule has 5 atom stereocenters. The maximum absolute atomic E-state index is 11.8. The number of ether oxygens (including phenoxy) is 2. The number of hydrogen-bond donors (Lipinski definition) is 1. The van der Waals surface area contributed by atoms with E-state index in [1.54, 1.807) is 0 Å². The molecule has 2 aliphatic heterocycles. The van der Waals surface area contributed by atoms with Gasteiger partial charge in [0.2, 0.25) is 0 Å². The van der Waals surface area contributed by atoms with Gasteiger partial charge in [-0.2, -0.15) is 0 Å². The Morgan fingerprint density at radius 1 is 1.05 bits per heavy atom. The molecule has 0 bridgehead atoms. The quantitative estimate of drug-likeness (QED) is 0.796. The minimum atomic E-state index is -0.662. The second kappa shape index (κ2) is 4.19. The third kappa shape index (κ3) is 1.91. The van der Waals surface area contributed by atoms with Gasteiger partial charge in [0.25, 0.3) is 0 Å². The molecule has 4 nitrogen and oxygen atoms in total. The summed E-state index contributed by atoms with van der Waals surface area (Å²) in [5.74, 6) is -0.0578. The molecule has 0 aromatic rings. The lowest BCUT2D eigenvalue weighted by Crippen LogP contribution is -2.42. The summed E-state index contributed by atoms with van der Waals surface area (Å²) in [5, 5.41) is 9.72. The van der Waals surface area contributed by atoms with Crippen LogP contribution in [0.5, 0.6) is 0 Å². The number of hydrogen-bond acceptors (Lipinski definition) is 3. The van der Waals surface area contributed by atoms with Gasteiger partial charge in [0.05, 0.1) is 23.7 Å². The molecule has 0 amide bonds. The summed E-state index contributed by atoms with van der Waals surface area (Å²) < 4.78 is 11.4. The molecule has 0 aromatic carbocycles. The highest BCUT2D eigenvalue weighted by Crippen LogP contribution is 2.56. The first-order valence-corrected chi connectivity index (χ1v) is 7.75. The van der Waals surface area contributed by atoms with Crippen LogP contribution in [-0.2, 0) is 14.3 Å². The van der Waals surface area contributed by atoms with Crippen molar-refractivity contribution in [1.29, 1.82) is 0 Å². The topological polar surface area (TPSA) is 62.4 Å². The first-order chi connectivity index (χ1) is 9.21. The monoisotopic (exact) mass is 266 g/mol. The van der Waals surface area contributed by atoms with E-state index in [1.165, 1.54) is 32.1 Å². The van der Waals surface area contributed by atoms with Crippen LogP contribution in [0.25, 0.3) is 0 Å². The fourth-order valence-corrected chi connectivity index (χ4v) is 4.44. The van der Waals surface area contributed by atoms with Gasteiger partial charge in [0, 0.05) is 0 Å². The predicted molar refractivity (Wildman–Crippen MR) is 67.8 cm³/mol. The first kappa shape index (κ1) is 12.2. The van der Waals surface area contributed by atoms with Crippen molar-refractivity contribution in [2.24, 2.45) is 11.3 Å². The Labute approximate surface area is 113 Å². The number of carbonyl (C=O) groups is 1. The van der Waals surface area contributed by atoms with Crippen molar-refractivity contribution in [2.45, 2.75) is 75.8 Å². The SMILES string of the molecule is O=C(O)C1(C2OC2C2CCCCC2)CCC2OC2C1. The van der Waals surface area contributed by atoms with Crippen LogP contribution in [0.15, 0.2) is 0 Å². The highest BCUT2D eigenvalue weighted by Gasteiger charge is 2.65. The van der Waals surface area contributed by atoms with Crippen molar-refractivity contribution < 1.29 is 19.4 Å². The lowest BCUT2D eigenvalue weighted by Gasteiger charge is -2.30. The molecule has 4 heteroatoms. The van der Waals surface area contributed by atoms with Crippen molar-refractivity contribution in [3.63, 3.8) is 0 Å². The van der Waals surface area contributed by atoms with Gasteiger partial charge in [0.1, 0.15) is 6.10 Å². The first-order valence-electron chi connectivity index (χ1n) is 7.75. The van der Waals surface area contributed by atoms with Gasteiger partial charge < -0.3 is 14.6 Å². The molecule has 2 aliphatic carbocycles. The lowest BCUT2D eigenvalue weighted by molar-refractivity contribution is -0.152. The highest BCUT2D eigenvalue weighted by atomic mass is 16.6. The van der Waals surface area contributed by atoms with E-state index in [4.69, 9.17) is 9.47 Å². The molecule has 0 spiro atoms. The summed E-state index contributed by atoms with van der Waals surface area (Å²) in [6.07, 6.45) is 9.35. The maximum atomic E-state index is 11.8. The summed E-state index contributed by atoms with van der Waals surface area (Å²) in [5.41, 5.74) is -0.653. The van der Waals surface area contributed by atoms with Gasteiger partial charge >= 0.3 is 5.97 Å². The third-order valence-corrected chi connectivity index (χ3v) is 5.74. The highest BCUT2D eigenvalue weighted by molar-refractivity contribution is 5.76. The second-order valence-electron chi connectivity index (χ2n) is 6.84. The summed E-state index contributed by atoms with van der Waals surface area (Å²) in [4.78, 5) is 11.8. The number of carboxylic acid groups (broad SMARTS) is 1. The molecule has 2 saturated carbocycles. The zero-order valence-electron chi connectivity index (χ0n) is 11.2. The predicted octanol–water partition coefficient (Wildman–Crippen LogP) is 2.36. The minimum absolute atomic E-state index is 0.0433. The molecular formula is C15H22O4. The molecule has 4 rings (SSSR count). The van der Waals surface area contributed by atoms with E-state index in [9.17, 15) is 9.90 Å². The number of epoxide rings is 2. The fourth-order valence-electron chi connectivity index (χ4n) is 4.44. The minimum Gasteiger partial charge on any atom is -0.481 e. The lowest BCUT2D eigenvalue weighted by atomic mass is 9.69. The van der Waals surface area contributed by atoms with Crippen LogP contribution >= 0.6 is 0 Å². The van der Waals surface area contributed by atoms with E-state index in [0.717, 1.165) is 12.8 Å². The van der Waals surface area contributed by atoms with Crippen molar-refractivity contribution in [1.82, 2.24) is 0 Å². The van der Waals surface area contributed by atoms with Gasteiger partial charge in [-0.3, -0.25) is 4.79 Å². The van der Waals surface area contributed by atoms with E-state index >= 15 is 0 Å². The van der Waals surface area contributed by atoms with E-state index in [2.05, 4.69) is 0 Å². The Morgan fingerprint density at radius 2 is 1.84 bits per heavy atom. The molecule has 5 unspecified atom stereocenters. The molecule has 0 radical (unpaired) electrons. The van der Waals surface area contributed by atoms with Crippen LogP contribution in [0.4, 0.5) is 0 Å². The fraction of sp³-hybridized carbons (Fsp3) is 0.933. The summed E-state index contributed by atoms with van der Waals surface area (Å²) in [6.45, 7) is 0. The molecule has 4 aliphatic rings. The van der Waals surface area contributed by atoms with Crippen LogP contribution in [-0.4, -0.2) is 35.5 Å². The number of aliphatic carboxylic acids is 1. The normalized spacial score (nSPS) is 49.5. The molecule has 4 fully saturated rings. The van der Waals surface area contributed by atoms with Crippen LogP contribution < -0.4 is 0 Å². The van der Waals surface area contributed by atoms with Gasteiger partial charge in [-0.15, -0.1) is 0 Å². The number of carboxylic acids is 1. The van der Waals surface area contributed by atoms with Crippen LogP contribution in [0.1, 0.15) is 51.4 Å². The van der Waals surface area contributed by atoms with E-state index in [-0.39, 0.29) is 18.3 Å². The molecule has 1 N–H and O–H groups in total. The summed E-state index contributed by atoms with van der Waals surface area (Å²) >= 11 is 0. The van der Waals surface area contributed by atoms with Gasteiger partial charge in [-0.1, -0.05) is 19.3 Å². The van der Waals surface area contributed by atoms with Crippen molar-refractivity contribution in [3.05, 3.63) is 0 Å². The van der Waals surface area contributed by atoms with E-state index in [0.29, 0.717) is 18.4 Å². The Morgan fingerprint density at radius 3 is 2.53 bits per heavy atom. The summed E-state index contributed by atoms with van der Waals surface area (Å²) in [7, 11) is 0. The molecular weight excluding hydrogens is 244 g/mol. The Kier molecular flexibility index (Phi) is 2.68. The summed E-state index contributed by atoms with van der Waals surface area (Å²) in [6, 6.07) is 0. The van der Waals surface area contributed by atoms with Gasteiger partial charge in [0.15, 0.2) is 0 Å². The molecule has 2 saturated heterocycles. The van der Waals surface area contributed by atoms with Crippen molar-refractivity contribution >= 4 is 5.97 Å². The van der Waals surface area contributed by atoms with Crippen molar-refractivity contribution in [2.75, 3.05) is 0 Å². The van der Waals surface area contributed by atoms with Crippen LogP contribution in [0.2, 0.25) is 0 Å². The largest absolute Gasteiger partial charge is 0.481 e. The Hall–Kier alpha value is -0.610. The number of rotatable bonds is 3. The maximum Gasteiger partial charge on any atom is 0.312 e. The zero-order valence-corrected chi connectivity index (χ0v) is 11.2. The van der Waals surface area contributed by atoms with Gasteiger partial charge in [-0.25, -0.2) is 0 Å². The smallest absolute Gasteiger partial charge is 0.312 e. The molecule has 19 heavy (non-hydrogen) atoms. The van der Waals surface area contributed by atoms with E-state index < -0.39 is 11.4 Å². The molecule has 2 heterocycles. The third-order valence-electron chi connectivity index (χ3n) is 5.74. The molecule has 0 aromatic heterocycles. The Balaban J connectivity index is 1.48. The van der Waals surface area contributed by atoms with Crippen molar-refractivity contribution in [3.8, 4) is 0 Å². The average Bonchev–Trinajstić information content (AvgIpc) is 3.31.